The number of amidine groups is 1. The Morgan fingerprint density at radius 2 is 1.66 bits per heavy atom. The lowest BCUT2D eigenvalue weighted by Gasteiger charge is -2.24. The Balaban J connectivity index is 1.56. The summed E-state index contributed by atoms with van der Waals surface area (Å²) in [6.07, 6.45) is 0. The fraction of sp³-hybridized carbons (Fsp3) is 0.0882. The molecule has 0 aliphatic carbocycles. The number of methoxy groups -OCH3 is 2. The van der Waals surface area contributed by atoms with Gasteiger partial charge in [0, 0.05) is 32.8 Å². The quantitative estimate of drug-likeness (QED) is 0.103. The van der Waals surface area contributed by atoms with Crippen LogP contribution in [0.2, 0.25) is 0 Å². The van der Waals surface area contributed by atoms with E-state index in [1.165, 1.54) is 30.6 Å². The van der Waals surface area contributed by atoms with E-state index in [1.54, 1.807) is 61.7 Å². The van der Waals surface area contributed by atoms with E-state index in [-0.39, 0.29) is 23.6 Å². The van der Waals surface area contributed by atoms with Gasteiger partial charge >= 0.3 is 5.97 Å². The molecule has 0 unspecified atom stereocenters. The Labute approximate surface area is 256 Å². The van der Waals surface area contributed by atoms with Crippen LogP contribution in [0.3, 0.4) is 0 Å². The first-order valence-corrected chi connectivity index (χ1v) is 14.4. The smallest absolute Gasteiger partial charge is 0.338 e. The minimum atomic E-state index is -0.625. The number of halogens is 1. The maximum atomic E-state index is 14.3. The molecule has 0 saturated heterocycles. The van der Waals surface area contributed by atoms with Crippen LogP contribution in [-0.4, -0.2) is 31.9 Å². The molecular weight excluding hydrogens is 581 g/mol. The van der Waals surface area contributed by atoms with Crippen molar-refractivity contribution in [2.75, 3.05) is 19.5 Å². The Morgan fingerprint density at radius 1 is 0.909 bits per heavy atom. The summed E-state index contributed by atoms with van der Waals surface area (Å²) in [5.74, 6) is -0.582. The number of hydrogen-bond acceptors (Lipinski definition) is 7. The van der Waals surface area contributed by atoms with Crippen molar-refractivity contribution in [3.63, 3.8) is 0 Å². The number of hydrogen-bond donors (Lipinski definition) is 3. The average molecular weight is 608 g/mol. The second-order valence-corrected chi connectivity index (χ2v) is 10.9. The number of ether oxygens (including phenoxy) is 3. The van der Waals surface area contributed by atoms with Gasteiger partial charge in [-0.3, -0.25) is 10.2 Å². The largest absolute Gasteiger partial charge is 0.496 e. The van der Waals surface area contributed by atoms with Crippen LogP contribution in [0.4, 0.5) is 10.1 Å². The third-order valence-corrected chi connectivity index (χ3v) is 8.28. The molecule has 0 bridgehead atoms. The molecule has 220 valence electrons. The van der Waals surface area contributed by atoms with E-state index in [9.17, 15) is 14.0 Å². The highest BCUT2D eigenvalue weighted by atomic mass is 32.1. The van der Waals surface area contributed by atoms with Crippen molar-refractivity contribution in [2.45, 2.75) is 6.61 Å². The fourth-order valence-electron chi connectivity index (χ4n) is 5.23. The molecule has 0 atom stereocenters. The molecular formula is C34H26FN3O5S. The van der Waals surface area contributed by atoms with Gasteiger partial charge in [0.1, 0.15) is 29.8 Å². The molecule has 1 aromatic heterocycles. The summed E-state index contributed by atoms with van der Waals surface area (Å²) in [5.41, 5.74) is 10.5. The zero-order chi connectivity index (χ0) is 31.0. The summed E-state index contributed by atoms with van der Waals surface area (Å²) in [6.45, 7) is 0.177. The third kappa shape index (κ3) is 5.27. The molecule has 1 aliphatic rings. The van der Waals surface area contributed by atoms with E-state index in [1.807, 2.05) is 17.5 Å². The highest BCUT2D eigenvalue weighted by molar-refractivity contribution is 7.13. The molecule has 0 fully saturated rings. The van der Waals surface area contributed by atoms with E-state index in [0.717, 1.165) is 4.88 Å². The van der Waals surface area contributed by atoms with Crippen molar-refractivity contribution < 1.29 is 28.2 Å². The number of anilines is 1. The molecule has 2 heterocycles. The molecule has 0 radical (unpaired) electrons. The van der Waals surface area contributed by atoms with Crippen LogP contribution in [-0.2, 0) is 11.3 Å². The topological polar surface area (TPSA) is 124 Å². The van der Waals surface area contributed by atoms with Crippen molar-refractivity contribution in [2.24, 2.45) is 5.73 Å². The number of carbonyl (C=O) groups excluding carboxylic acids is 2. The van der Waals surface area contributed by atoms with Crippen molar-refractivity contribution in [1.29, 1.82) is 5.41 Å². The lowest BCUT2D eigenvalue weighted by atomic mass is 9.87. The zero-order valence-electron chi connectivity index (χ0n) is 23.7. The number of nitrogens with two attached hydrogens (primary N) is 1. The lowest BCUT2D eigenvalue weighted by molar-refractivity contribution is 0.0601. The third-order valence-electron chi connectivity index (χ3n) is 7.38. The first-order chi connectivity index (χ1) is 21.3. The molecule has 1 aliphatic heterocycles. The number of benzene rings is 4. The minimum Gasteiger partial charge on any atom is -0.496 e. The maximum Gasteiger partial charge on any atom is 0.338 e. The van der Waals surface area contributed by atoms with Crippen molar-refractivity contribution in [1.82, 2.24) is 0 Å². The van der Waals surface area contributed by atoms with Crippen LogP contribution < -0.4 is 20.5 Å². The van der Waals surface area contributed by atoms with Gasteiger partial charge in [-0.1, -0.05) is 6.07 Å². The number of nitrogens with one attached hydrogen (secondary N) is 2. The second-order valence-electron chi connectivity index (χ2n) is 10.00. The van der Waals surface area contributed by atoms with Gasteiger partial charge in [-0.05, 0) is 100 Å². The van der Waals surface area contributed by atoms with Crippen molar-refractivity contribution >= 4 is 34.7 Å². The minimum absolute atomic E-state index is 0.0852. The van der Waals surface area contributed by atoms with Gasteiger partial charge in [0.05, 0.1) is 19.8 Å². The molecule has 1 amide bonds. The summed E-state index contributed by atoms with van der Waals surface area (Å²) in [7, 11) is 2.82. The van der Waals surface area contributed by atoms with E-state index in [2.05, 4.69) is 5.32 Å². The molecule has 10 heteroatoms. The van der Waals surface area contributed by atoms with Gasteiger partial charge in [0.2, 0.25) is 0 Å². The Bertz CT molecular complexity index is 1940. The molecule has 44 heavy (non-hydrogen) atoms. The SMILES string of the molecule is COC(=O)c1cc2c(cc1-c1cc(OC)c(-c3cccs3)cc1C(=O)Nc1ccc(C(=N)N)cc1)COc1ccc(F)cc1-2. The first-order valence-electron chi connectivity index (χ1n) is 13.5. The predicted octanol–water partition coefficient (Wildman–Crippen LogP) is 7.11. The molecule has 4 N–H and O–H groups in total. The summed E-state index contributed by atoms with van der Waals surface area (Å²) < 4.78 is 31.1. The number of nitrogen functional groups attached to an aromatic ring is 1. The Hall–Kier alpha value is -5.48. The highest BCUT2D eigenvalue weighted by Gasteiger charge is 2.27. The fourth-order valence-corrected chi connectivity index (χ4v) is 5.97. The summed E-state index contributed by atoms with van der Waals surface area (Å²) in [5, 5.41) is 12.5. The van der Waals surface area contributed by atoms with Crippen LogP contribution in [0.1, 0.15) is 31.8 Å². The molecule has 8 nitrogen and oxygen atoms in total. The maximum absolute atomic E-state index is 14.3. The van der Waals surface area contributed by atoms with E-state index >= 15 is 0 Å². The van der Waals surface area contributed by atoms with E-state index in [4.69, 9.17) is 25.4 Å². The molecule has 4 aromatic carbocycles. The second kappa shape index (κ2) is 11.7. The lowest BCUT2D eigenvalue weighted by Crippen LogP contribution is -2.16. The highest BCUT2D eigenvalue weighted by Crippen LogP contribution is 2.44. The van der Waals surface area contributed by atoms with E-state index < -0.39 is 17.7 Å². The van der Waals surface area contributed by atoms with Crippen molar-refractivity contribution in [3.8, 4) is 44.2 Å². The standard InChI is InChI=1S/C34H26FN3O5S/c1-41-30-16-24(23-12-19-17-43-29-10-7-20(35)13-25(29)22(19)14-27(23)34(40)42-2)26(15-28(30)31-4-3-11-44-31)33(39)38-21-8-5-18(6-9-21)32(36)37/h3-16H,17H2,1-2H3,(H3,36,37)(H,38,39). The summed E-state index contributed by atoms with van der Waals surface area (Å²) in [4.78, 5) is 28.1. The number of thiophene rings is 1. The Morgan fingerprint density at radius 3 is 2.34 bits per heavy atom. The predicted molar refractivity (Wildman–Crippen MR) is 168 cm³/mol. The average Bonchev–Trinajstić information content (AvgIpc) is 3.58. The van der Waals surface area contributed by atoms with Gasteiger partial charge in [0.25, 0.3) is 5.91 Å². The van der Waals surface area contributed by atoms with Gasteiger partial charge in [-0.25, -0.2) is 9.18 Å². The molecule has 6 rings (SSSR count). The number of rotatable bonds is 7. The number of fused-ring (bicyclic) bond motifs is 3. The van der Waals surface area contributed by atoms with Gasteiger partial charge < -0.3 is 25.3 Å². The number of amides is 1. The normalized spacial score (nSPS) is 11.5. The molecule has 0 spiro atoms. The first kappa shape index (κ1) is 28.6. The summed E-state index contributed by atoms with van der Waals surface area (Å²) in [6, 6.07) is 21.6. The summed E-state index contributed by atoms with van der Waals surface area (Å²) >= 11 is 1.50. The number of carbonyl (C=O) groups is 2. The van der Waals surface area contributed by atoms with E-state index in [0.29, 0.717) is 56.1 Å². The molecule has 5 aromatic rings. The van der Waals surface area contributed by atoms with Gasteiger partial charge in [-0.2, -0.15) is 0 Å². The van der Waals surface area contributed by atoms with Crippen LogP contribution in [0.15, 0.2) is 84.2 Å². The van der Waals surface area contributed by atoms with Gasteiger partial charge in [-0.15, -0.1) is 11.3 Å². The zero-order valence-corrected chi connectivity index (χ0v) is 24.5. The van der Waals surface area contributed by atoms with Crippen LogP contribution in [0, 0.1) is 11.2 Å². The van der Waals surface area contributed by atoms with Crippen LogP contribution in [0.25, 0.3) is 32.7 Å². The van der Waals surface area contributed by atoms with Crippen molar-refractivity contribution in [3.05, 3.63) is 112 Å². The van der Waals surface area contributed by atoms with Crippen LogP contribution >= 0.6 is 11.3 Å². The van der Waals surface area contributed by atoms with Crippen LogP contribution in [0.5, 0.6) is 11.5 Å². The number of esters is 1. The molecule has 0 saturated carbocycles. The Kier molecular flexibility index (Phi) is 7.59. The monoisotopic (exact) mass is 607 g/mol. The van der Waals surface area contributed by atoms with Gasteiger partial charge in [0.15, 0.2) is 0 Å².